The summed E-state index contributed by atoms with van der Waals surface area (Å²) >= 11 is 0. The first kappa shape index (κ1) is 14.8. The van der Waals surface area contributed by atoms with E-state index >= 15 is 0 Å². The van der Waals surface area contributed by atoms with Crippen LogP contribution in [0.3, 0.4) is 0 Å². The van der Waals surface area contributed by atoms with E-state index in [0.29, 0.717) is 26.1 Å². The van der Waals surface area contributed by atoms with Crippen molar-refractivity contribution in [3.63, 3.8) is 0 Å². The predicted octanol–water partition coefficient (Wildman–Crippen LogP) is 0.333. The molecule has 0 aromatic heterocycles. The number of hydrogen-bond donors (Lipinski definition) is 2. The Morgan fingerprint density at radius 1 is 1.44 bits per heavy atom. The summed E-state index contributed by atoms with van der Waals surface area (Å²) in [4.78, 5) is 25.0. The van der Waals surface area contributed by atoms with E-state index in [1.165, 1.54) is 0 Å². The van der Waals surface area contributed by atoms with Crippen LogP contribution in [0.2, 0.25) is 0 Å². The number of likely N-dealkylation sites (tertiary alicyclic amines) is 1. The highest BCUT2D eigenvalue weighted by Crippen LogP contribution is 2.11. The van der Waals surface area contributed by atoms with E-state index in [4.69, 9.17) is 4.74 Å². The lowest BCUT2D eigenvalue weighted by atomic mass is 10.1. The number of ether oxygens (including phenoxy) is 1. The number of carbonyl (C=O) groups is 2. The van der Waals surface area contributed by atoms with Crippen LogP contribution in [0, 0.1) is 0 Å². The van der Waals surface area contributed by atoms with Gasteiger partial charge in [0, 0.05) is 32.1 Å². The zero-order chi connectivity index (χ0) is 13.4. The molecule has 0 bridgehead atoms. The van der Waals surface area contributed by atoms with Crippen LogP contribution in [0.4, 0.5) is 4.79 Å². The summed E-state index contributed by atoms with van der Waals surface area (Å²) < 4.78 is 4.84. The molecule has 0 aromatic rings. The first-order valence-electron chi connectivity index (χ1n) is 6.53. The average molecular weight is 257 g/mol. The number of nitrogens with one attached hydrogen (secondary N) is 2. The molecule has 1 saturated heterocycles. The van der Waals surface area contributed by atoms with Crippen molar-refractivity contribution in [3.8, 4) is 0 Å². The molecular formula is C12H23N3O3. The lowest BCUT2D eigenvalue weighted by Crippen LogP contribution is -2.50. The molecule has 0 aromatic carbocycles. The summed E-state index contributed by atoms with van der Waals surface area (Å²) in [7, 11) is 1.83. The molecule has 1 rings (SSSR count). The lowest BCUT2D eigenvalue weighted by molar-refractivity contribution is -0.132. The molecule has 1 aliphatic rings. The normalized spacial score (nSPS) is 19.4. The van der Waals surface area contributed by atoms with Gasteiger partial charge in [0.2, 0.25) is 5.91 Å². The van der Waals surface area contributed by atoms with E-state index < -0.39 is 6.09 Å². The van der Waals surface area contributed by atoms with E-state index in [2.05, 4.69) is 10.6 Å². The molecule has 2 N–H and O–H groups in total. The van der Waals surface area contributed by atoms with Crippen molar-refractivity contribution in [1.82, 2.24) is 15.5 Å². The van der Waals surface area contributed by atoms with Crippen molar-refractivity contribution >= 4 is 12.0 Å². The maximum Gasteiger partial charge on any atom is 0.407 e. The molecule has 1 heterocycles. The first-order valence-corrected chi connectivity index (χ1v) is 6.53. The van der Waals surface area contributed by atoms with Crippen LogP contribution < -0.4 is 10.6 Å². The van der Waals surface area contributed by atoms with Crippen LogP contribution in [0.15, 0.2) is 0 Å². The summed E-state index contributed by atoms with van der Waals surface area (Å²) in [6, 6.07) is 0.0105. The van der Waals surface area contributed by atoms with Gasteiger partial charge < -0.3 is 20.3 Å². The van der Waals surface area contributed by atoms with Crippen LogP contribution >= 0.6 is 0 Å². The van der Waals surface area contributed by atoms with Gasteiger partial charge in [0.25, 0.3) is 0 Å². The van der Waals surface area contributed by atoms with Gasteiger partial charge in [0.05, 0.1) is 6.61 Å². The second-order valence-corrected chi connectivity index (χ2v) is 4.40. The van der Waals surface area contributed by atoms with Gasteiger partial charge in [-0.2, -0.15) is 0 Å². The monoisotopic (exact) mass is 257 g/mol. The van der Waals surface area contributed by atoms with E-state index in [9.17, 15) is 9.59 Å². The van der Waals surface area contributed by atoms with E-state index in [1.807, 2.05) is 11.9 Å². The molecule has 6 heteroatoms. The number of carbonyl (C=O) groups excluding carboxylic acids is 2. The van der Waals surface area contributed by atoms with Crippen molar-refractivity contribution in [2.75, 3.05) is 33.3 Å². The molecule has 1 fully saturated rings. The molecule has 104 valence electrons. The summed E-state index contributed by atoms with van der Waals surface area (Å²) in [5.74, 6) is 0.139. The molecule has 1 aliphatic heterocycles. The fourth-order valence-corrected chi connectivity index (χ4v) is 2.05. The minimum absolute atomic E-state index is 0.0105. The van der Waals surface area contributed by atoms with Gasteiger partial charge in [0.15, 0.2) is 0 Å². The third-order valence-corrected chi connectivity index (χ3v) is 2.96. The van der Waals surface area contributed by atoms with E-state index in [-0.39, 0.29) is 11.9 Å². The molecular weight excluding hydrogens is 234 g/mol. The first-order chi connectivity index (χ1) is 8.67. The van der Waals surface area contributed by atoms with Crippen molar-refractivity contribution in [2.24, 2.45) is 0 Å². The average Bonchev–Trinajstić information content (AvgIpc) is 2.36. The number of alkyl carbamates (subject to hydrolysis) is 1. The topological polar surface area (TPSA) is 70.7 Å². The second-order valence-electron chi connectivity index (χ2n) is 4.40. The highest BCUT2D eigenvalue weighted by molar-refractivity contribution is 5.76. The zero-order valence-corrected chi connectivity index (χ0v) is 11.2. The third kappa shape index (κ3) is 4.91. The van der Waals surface area contributed by atoms with Gasteiger partial charge in [-0.05, 0) is 26.8 Å². The lowest BCUT2D eigenvalue weighted by Gasteiger charge is -2.33. The fourth-order valence-electron chi connectivity index (χ4n) is 2.05. The van der Waals surface area contributed by atoms with Gasteiger partial charge >= 0.3 is 6.09 Å². The van der Waals surface area contributed by atoms with Crippen LogP contribution in [0.25, 0.3) is 0 Å². The number of piperidine rings is 1. The zero-order valence-electron chi connectivity index (χ0n) is 11.2. The summed E-state index contributed by atoms with van der Waals surface area (Å²) in [5, 5.41) is 5.75. The van der Waals surface area contributed by atoms with Crippen molar-refractivity contribution in [1.29, 1.82) is 0 Å². The summed E-state index contributed by atoms with van der Waals surface area (Å²) in [5.41, 5.74) is 0. The summed E-state index contributed by atoms with van der Waals surface area (Å²) in [6.45, 7) is 4.19. The molecule has 6 nitrogen and oxygen atoms in total. The standard InChI is InChI=1S/C12H23N3O3/c1-3-18-12(17)14-10-5-4-8-15(9-10)11(16)6-7-13-2/h10,13H,3-9H2,1-2H3,(H,14,17). The maximum atomic E-state index is 11.9. The molecule has 0 saturated carbocycles. The van der Waals surface area contributed by atoms with Crippen molar-refractivity contribution < 1.29 is 14.3 Å². The molecule has 1 atom stereocenters. The fraction of sp³-hybridized carbons (Fsp3) is 0.833. The Bertz CT molecular complexity index is 284. The highest BCUT2D eigenvalue weighted by atomic mass is 16.5. The molecule has 0 aliphatic carbocycles. The third-order valence-electron chi connectivity index (χ3n) is 2.96. The number of amides is 2. The number of hydrogen-bond acceptors (Lipinski definition) is 4. The van der Waals surface area contributed by atoms with Crippen LogP contribution in [-0.4, -0.2) is 56.2 Å². The minimum Gasteiger partial charge on any atom is -0.450 e. The Labute approximate surface area is 108 Å². The Hall–Kier alpha value is -1.30. The minimum atomic E-state index is -0.396. The van der Waals surface area contributed by atoms with Crippen molar-refractivity contribution in [3.05, 3.63) is 0 Å². The molecule has 0 radical (unpaired) electrons. The van der Waals surface area contributed by atoms with Crippen LogP contribution in [0.1, 0.15) is 26.2 Å². The molecule has 1 unspecified atom stereocenters. The number of nitrogens with zero attached hydrogens (tertiary/aromatic N) is 1. The smallest absolute Gasteiger partial charge is 0.407 e. The van der Waals surface area contributed by atoms with Crippen LogP contribution in [-0.2, 0) is 9.53 Å². The second kappa shape index (κ2) is 7.92. The highest BCUT2D eigenvalue weighted by Gasteiger charge is 2.24. The van der Waals surface area contributed by atoms with Crippen LogP contribution in [0.5, 0.6) is 0 Å². The van der Waals surface area contributed by atoms with E-state index in [1.54, 1.807) is 6.92 Å². The summed E-state index contributed by atoms with van der Waals surface area (Å²) in [6.07, 6.45) is 1.92. The van der Waals surface area contributed by atoms with Gasteiger partial charge in [-0.3, -0.25) is 4.79 Å². The van der Waals surface area contributed by atoms with Gasteiger partial charge in [-0.25, -0.2) is 4.79 Å². The molecule has 2 amide bonds. The Morgan fingerprint density at radius 3 is 2.89 bits per heavy atom. The molecule has 0 spiro atoms. The van der Waals surface area contributed by atoms with Gasteiger partial charge in [-0.15, -0.1) is 0 Å². The van der Waals surface area contributed by atoms with Gasteiger partial charge in [0.1, 0.15) is 0 Å². The Balaban J connectivity index is 2.36. The maximum absolute atomic E-state index is 11.9. The van der Waals surface area contributed by atoms with E-state index in [0.717, 1.165) is 19.4 Å². The van der Waals surface area contributed by atoms with Crippen molar-refractivity contribution in [2.45, 2.75) is 32.2 Å². The SMILES string of the molecule is CCOC(=O)NC1CCCN(C(=O)CCNC)C1. The van der Waals surface area contributed by atoms with Gasteiger partial charge in [-0.1, -0.05) is 0 Å². The quantitative estimate of drug-likeness (QED) is 0.745. The predicted molar refractivity (Wildman–Crippen MR) is 68.3 cm³/mol. The Morgan fingerprint density at radius 2 is 2.22 bits per heavy atom. The molecule has 18 heavy (non-hydrogen) atoms. The largest absolute Gasteiger partial charge is 0.450 e. The Kier molecular flexibility index (Phi) is 6.49. The number of rotatable bonds is 5.